The van der Waals surface area contributed by atoms with Gasteiger partial charge in [-0.1, -0.05) is 56.3 Å². The minimum atomic E-state index is -4.75. The zero-order valence-corrected chi connectivity index (χ0v) is 19.2. The molecule has 3 atom stereocenters. The second kappa shape index (κ2) is 12.4. The van der Waals surface area contributed by atoms with Crippen LogP contribution in [0.2, 0.25) is 0 Å². The molecule has 0 aliphatic carbocycles. The first kappa shape index (κ1) is 27.1. The average Bonchev–Trinajstić information content (AvgIpc) is 2.80. The maximum atomic E-state index is 14.0. The van der Waals surface area contributed by atoms with Crippen LogP contribution in [0.5, 0.6) is 0 Å². The van der Waals surface area contributed by atoms with Gasteiger partial charge in [-0.3, -0.25) is 10.1 Å². The van der Waals surface area contributed by atoms with E-state index in [2.05, 4.69) is 16.0 Å². The van der Waals surface area contributed by atoms with Crippen LogP contribution < -0.4 is 16.0 Å². The number of anilines is 1. The summed E-state index contributed by atoms with van der Waals surface area (Å²) in [5.74, 6) is -1.30. The molecule has 10 heteroatoms. The highest BCUT2D eigenvalue weighted by molar-refractivity contribution is 5.94. The highest BCUT2D eigenvalue weighted by atomic mass is 19.4. The maximum absolute atomic E-state index is 14.0. The minimum absolute atomic E-state index is 0.0878. The first-order valence-electron chi connectivity index (χ1n) is 10.8. The van der Waals surface area contributed by atoms with Gasteiger partial charge in [-0.05, 0) is 36.1 Å². The SMILES string of the molecule is CC(C)[C@H](NC(=O)OCc1ccccc1)[C@H](N[C@@H](C)C(=O)Nc1ccc(CO)cc1)C(F)(F)F. The van der Waals surface area contributed by atoms with Gasteiger partial charge in [0, 0.05) is 5.69 Å². The van der Waals surface area contributed by atoms with E-state index < -0.39 is 42.2 Å². The van der Waals surface area contributed by atoms with Crippen molar-refractivity contribution in [2.45, 2.75) is 58.3 Å². The van der Waals surface area contributed by atoms with Crippen LogP contribution in [0.15, 0.2) is 54.6 Å². The van der Waals surface area contributed by atoms with Gasteiger partial charge in [0.2, 0.25) is 5.91 Å². The molecule has 0 aliphatic rings. The monoisotopic (exact) mass is 481 g/mol. The van der Waals surface area contributed by atoms with Crippen LogP contribution in [0.4, 0.5) is 23.7 Å². The Labute approximate surface area is 196 Å². The molecule has 0 fully saturated rings. The number of carbonyl (C=O) groups excluding carboxylic acids is 2. The summed E-state index contributed by atoms with van der Waals surface area (Å²) in [5, 5.41) is 16.2. The Balaban J connectivity index is 2.05. The Bertz CT molecular complexity index is 921. The van der Waals surface area contributed by atoms with E-state index in [1.807, 2.05) is 0 Å². The Morgan fingerprint density at radius 1 is 0.971 bits per heavy atom. The molecule has 186 valence electrons. The van der Waals surface area contributed by atoms with Crippen molar-refractivity contribution in [2.24, 2.45) is 5.92 Å². The maximum Gasteiger partial charge on any atom is 0.407 e. The van der Waals surface area contributed by atoms with Crippen LogP contribution >= 0.6 is 0 Å². The summed E-state index contributed by atoms with van der Waals surface area (Å²) < 4.78 is 46.9. The molecule has 2 rings (SSSR count). The van der Waals surface area contributed by atoms with Gasteiger partial charge < -0.3 is 20.5 Å². The molecule has 0 radical (unpaired) electrons. The molecule has 0 heterocycles. The largest absolute Gasteiger partial charge is 0.445 e. The Hall–Kier alpha value is -3.11. The quantitative estimate of drug-likeness (QED) is 0.412. The van der Waals surface area contributed by atoms with E-state index in [0.717, 1.165) is 0 Å². The second-order valence-electron chi connectivity index (χ2n) is 8.23. The fourth-order valence-corrected chi connectivity index (χ4v) is 3.23. The van der Waals surface area contributed by atoms with Crippen molar-refractivity contribution in [3.63, 3.8) is 0 Å². The topological polar surface area (TPSA) is 99.7 Å². The molecule has 0 aromatic heterocycles. The van der Waals surface area contributed by atoms with Crippen LogP contribution in [0.1, 0.15) is 31.9 Å². The smallest absolute Gasteiger partial charge is 0.407 e. The zero-order chi connectivity index (χ0) is 25.3. The number of aliphatic hydroxyl groups is 1. The molecule has 0 aliphatic heterocycles. The van der Waals surface area contributed by atoms with E-state index in [-0.39, 0.29) is 13.2 Å². The normalized spacial score (nSPS) is 14.2. The van der Waals surface area contributed by atoms with Crippen molar-refractivity contribution < 1.29 is 32.6 Å². The Kier molecular flexibility index (Phi) is 9.88. The van der Waals surface area contributed by atoms with Crippen molar-refractivity contribution >= 4 is 17.7 Å². The number of carbonyl (C=O) groups is 2. The number of alkyl halides is 3. The van der Waals surface area contributed by atoms with E-state index in [1.54, 1.807) is 54.6 Å². The third-order valence-electron chi connectivity index (χ3n) is 5.15. The summed E-state index contributed by atoms with van der Waals surface area (Å²) in [6.07, 6.45) is -5.74. The predicted octanol–water partition coefficient (Wildman–Crippen LogP) is 3.98. The molecular formula is C24H30F3N3O4. The van der Waals surface area contributed by atoms with Gasteiger partial charge in [0.1, 0.15) is 12.6 Å². The Morgan fingerprint density at radius 3 is 2.12 bits per heavy atom. The molecule has 2 amide bonds. The lowest BCUT2D eigenvalue weighted by Gasteiger charge is -2.34. The predicted molar refractivity (Wildman–Crippen MR) is 122 cm³/mol. The minimum Gasteiger partial charge on any atom is -0.445 e. The van der Waals surface area contributed by atoms with E-state index in [4.69, 9.17) is 9.84 Å². The molecule has 0 saturated heterocycles. The van der Waals surface area contributed by atoms with Gasteiger partial charge in [0.05, 0.1) is 18.7 Å². The third kappa shape index (κ3) is 8.35. The van der Waals surface area contributed by atoms with Crippen molar-refractivity contribution in [3.8, 4) is 0 Å². The van der Waals surface area contributed by atoms with Gasteiger partial charge in [0.25, 0.3) is 0 Å². The standard InChI is InChI=1S/C24H30F3N3O4/c1-15(2)20(30-23(33)34-14-18-7-5-4-6-8-18)21(24(25,26)27)28-16(3)22(32)29-19-11-9-17(13-31)10-12-19/h4-12,15-16,20-21,28,31H,13-14H2,1-3H3,(H,29,32)(H,30,33)/t16-,20-,21-/m0/s1. The molecule has 0 spiro atoms. The van der Waals surface area contributed by atoms with Crippen LogP contribution in [0.3, 0.4) is 0 Å². The summed E-state index contributed by atoms with van der Waals surface area (Å²) >= 11 is 0. The highest BCUT2D eigenvalue weighted by Crippen LogP contribution is 2.26. The van der Waals surface area contributed by atoms with Gasteiger partial charge >= 0.3 is 12.3 Å². The van der Waals surface area contributed by atoms with Crippen molar-refractivity contribution in [1.82, 2.24) is 10.6 Å². The van der Waals surface area contributed by atoms with Crippen molar-refractivity contribution in [1.29, 1.82) is 0 Å². The first-order chi connectivity index (χ1) is 16.0. The number of aliphatic hydroxyl groups excluding tert-OH is 1. The molecule has 0 saturated carbocycles. The summed E-state index contributed by atoms with van der Waals surface area (Å²) in [6.45, 7) is 4.12. The molecule has 0 bridgehead atoms. The third-order valence-corrected chi connectivity index (χ3v) is 5.15. The summed E-state index contributed by atoms with van der Waals surface area (Å²) in [5.41, 5.74) is 1.70. The summed E-state index contributed by atoms with van der Waals surface area (Å²) in [6, 6.07) is 10.2. The van der Waals surface area contributed by atoms with Gasteiger partial charge in [-0.15, -0.1) is 0 Å². The number of hydrogen-bond acceptors (Lipinski definition) is 5. The van der Waals surface area contributed by atoms with E-state index in [1.165, 1.54) is 20.8 Å². The number of amides is 2. The second-order valence-corrected chi connectivity index (χ2v) is 8.23. The molecular weight excluding hydrogens is 451 g/mol. The summed E-state index contributed by atoms with van der Waals surface area (Å²) in [7, 11) is 0. The number of alkyl carbamates (subject to hydrolysis) is 1. The van der Waals surface area contributed by atoms with E-state index in [0.29, 0.717) is 16.8 Å². The number of nitrogens with one attached hydrogen (secondary N) is 3. The lowest BCUT2D eigenvalue weighted by atomic mass is 9.95. The van der Waals surface area contributed by atoms with Crippen LogP contribution in [-0.4, -0.2) is 41.4 Å². The molecule has 2 aromatic carbocycles. The average molecular weight is 482 g/mol. The summed E-state index contributed by atoms with van der Waals surface area (Å²) in [4.78, 5) is 24.8. The number of benzene rings is 2. The van der Waals surface area contributed by atoms with Gasteiger partial charge in [-0.2, -0.15) is 13.2 Å². The fourth-order valence-electron chi connectivity index (χ4n) is 3.23. The van der Waals surface area contributed by atoms with Crippen LogP contribution in [0.25, 0.3) is 0 Å². The van der Waals surface area contributed by atoms with Crippen LogP contribution in [-0.2, 0) is 22.7 Å². The van der Waals surface area contributed by atoms with E-state index in [9.17, 15) is 22.8 Å². The van der Waals surface area contributed by atoms with Crippen molar-refractivity contribution in [3.05, 3.63) is 65.7 Å². The molecule has 2 aromatic rings. The molecule has 4 N–H and O–H groups in total. The number of ether oxygens (including phenoxy) is 1. The Morgan fingerprint density at radius 2 is 1.59 bits per heavy atom. The lowest BCUT2D eigenvalue weighted by Crippen LogP contribution is -2.62. The van der Waals surface area contributed by atoms with Gasteiger partial charge in [0.15, 0.2) is 0 Å². The number of hydrogen-bond donors (Lipinski definition) is 4. The number of halogens is 3. The molecule has 34 heavy (non-hydrogen) atoms. The first-order valence-corrected chi connectivity index (χ1v) is 10.8. The van der Waals surface area contributed by atoms with Gasteiger partial charge in [-0.25, -0.2) is 4.79 Å². The van der Waals surface area contributed by atoms with Crippen molar-refractivity contribution in [2.75, 3.05) is 5.32 Å². The molecule has 7 nitrogen and oxygen atoms in total. The fraction of sp³-hybridized carbons (Fsp3) is 0.417. The molecule has 0 unspecified atom stereocenters. The highest BCUT2D eigenvalue weighted by Gasteiger charge is 2.47. The number of rotatable bonds is 10. The van der Waals surface area contributed by atoms with Crippen LogP contribution in [0, 0.1) is 5.92 Å². The lowest BCUT2D eigenvalue weighted by molar-refractivity contribution is -0.167. The van der Waals surface area contributed by atoms with E-state index >= 15 is 0 Å². The zero-order valence-electron chi connectivity index (χ0n) is 19.2.